The highest BCUT2D eigenvalue weighted by Gasteiger charge is 2.52. The largest absolute Gasteiger partial charge is 0.359 e. The molecule has 1 aromatic rings. The molecule has 24 heavy (non-hydrogen) atoms. The van der Waals surface area contributed by atoms with E-state index in [4.69, 9.17) is 0 Å². The van der Waals surface area contributed by atoms with Crippen LogP contribution in [0.3, 0.4) is 0 Å². The van der Waals surface area contributed by atoms with Crippen molar-refractivity contribution in [2.24, 2.45) is 11.3 Å². The number of hydrogen-bond acceptors (Lipinski definition) is 2. The summed E-state index contributed by atoms with van der Waals surface area (Å²) in [7, 11) is 1.68. The van der Waals surface area contributed by atoms with Crippen LogP contribution in [0.2, 0.25) is 0 Å². The number of nitrogens with one attached hydrogen (secondary N) is 2. The summed E-state index contributed by atoms with van der Waals surface area (Å²) in [5, 5.41) is 5.82. The number of carbonyl (C=O) groups is 2. The van der Waals surface area contributed by atoms with Gasteiger partial charge in [-0.3, -0.25) is 4.79 Å². The molecule has 5 heteroatoms. The third-order valence-electron chi connectivity index (χ3n) is 5.94. The topological polar surface area (TPSA) is 61.4 Å². The molecule has 3 amide bonds. The first-order chi connectivity index (χ1) is 11.5. The fraction of sp³-hybridized carbons (Fsp3) is 0.579. The van der Waals surface area contributed by atoms with Gasteiger partial charge in [0.2, 0.25) is 5.91 Å². The van der Waals surface area contributed by atoms with E-state index in [0.717, 1.165) is 42.5 Å². The lowest BCUT2D eigenvalue weighted by Gasteiger charge is -2.28. The Balaban J connectivity index is 1.76. The van der Waals surface area contributed by atoms with Crippen molar-refractivity contribution in [3.63, 3.8) is 0 Å². The van der Waals surface area contributed by atoms with Gasteiger partial charge < -0.3 is 15.5 Å². The molecule has 1 heterocycles. The van der Waals surface area contributed by atoms with E-state index in [1.54, 1.807) is 7.05 Å². The van der Waals surface area contributed by atoms with Gasteiger partial charge in [0.15, 0.2) is 0 Å². The SMILES string of the molecule is CNC(=O)C1CN(C(=O)Nc2cccc(C)c2C)CC12CCCC2. The average Bonchev–Trinajstić information content (AvgIpc) is 3.19. The van der Waals surface area contributed by atoms with E-state index in [9.17, 15) is 9.59 Å². The molecule has 1 unspecified atom stereocenters. The molecular weight excluding hydrogens is 302 g/mol. The van der Waals surface area contributed by atoms with E-state index in [1.165, 1.54) is 0 Å². The van der Waals surface area contributed by atoms with Gasteiger partial charge in [-0.2, -0.15) is 0 Å². The minimum absolute atomic E-state index is 0.0287. The maximum Gasteiger partial charge on any atom is 0.321 e. The molecule has 2 N–H and O–H groups in total. The Labute approximate surface area is 143 Å². The summed E-state index contributed by atoms with van der Waals surface area (Å²) in [6.45, 7) is 5.24. The van der Waals surface area contributed by atoms with Gasteiger partial charge in [-0.05, 0) is 43.9 Å². The second kappa shape index (κ2) is 6.46. The van der Waals surface area contributed by atoms with Crippen LogP contribution >= 0.6 is 0 Å². The first-order valence-electron chi connectivity index (χ1n) is 8.80. The molecule has 5 nitrogen and oxygen atoms in total. The Morgan fingerprint density at radius 2 is 1.92 bits per heavy atom. The number of amides is 3. The number of benzene rings is 1. The fourth-order valence-electron chi connectivity index (χ4n) is 4.33. The van der Waals surface area contributed by atoms with Gasteiger partial charge in [-0.15, -0.1) is 0 Å². The molecule has 1 aliphatic heterocycles. The summed E-state index contributed by atoms with van der Waals surface area (Å²) in [6.07, 6.45) is 4.39. The molecule has 0 aromatic heterocycles. The highest BCUT2D eigenvalue weighted by molar-refractivity contribution is 5.91. The Kier molecular flexibility index (Phi) is 4.52. The number of carbonyl (C=O) groups excluding carboxylic acids is 2. The summed E-state index contributed by atoms with van der Waals surface area (Å²) >= 11 is 0. The highest BCUT2D eigenvalue weighted by Crippen LogP contribution is 2.49. The lowest BCUT2D eigenvalue weighted by atomic mass is 9.76. The zero-order valence-corrected chi connectivity index (χ0v) is 14.8. The summed E-state index contributed by atoms with van der Waals surface area (Å²) in [4.78, 5) is 26.9. The van der Waals surface area contributed by atoms with E-state index in [-0.39, 0.29) is 23.3 Å². The van der Waals surface area contributed by atoms with Crippen molar-refractivity contribution in [2.45, 2.75) is 39.5 Å². The van der Waals surface area contributed by atoms with Gasteiger partial charge >= 0.3 is 6.03 Å². The van der Waals surface area contributed by atoms with E-state index in [1.807, 2.05) is 36.9 Å². The molecule has 0 bridgehead atoms. The predicted octanol–water partition coefficient (Wildman–Crippen LogP) is 3.07. The van der Waals surface area contributed by atoms with Gasteiger partial charge in [0, 0.05) is 31.2 Å². The highest BCUT2D eigenvalue weighted by atomic mass is 16.2. The minimum atomic E-state index is -0.0959. The van der Waals surface area contributed by atoms with Crippen molar-refractivity contribution < 1.29 is 9.59 Å². The Morgan fingerprint density at radius 3 is 2.58 bits per heavy atom. The van der Waals surface area contributed by atoms with Gasteiger partial charge in [0.25, 0.3) is 0 Å². The summed E-state index contributed by atoms with van der Waals surface area (Å²) < 4.78 is 0. The Bertz CT molecular complexity index is 650. The van der Waals surface area contributed by atoms with Crippen LogP contribution in [0, 0.1) is 25.2 Å². The Hall–Kier alpha value is -2.04. The van der Waals surface area contributed by atoms with Crippen LogP contribution in [-0.4, -0.2) is 37.0 Å². The van der Waals surface area contributed by atoms with Gasteiger partial charge in [-0.1, -0.05) is 25.0 Å². The molecule has 130 valence electrons. The zero-order chi connectivity index (χ0) is 17.3. The summed E-state index contributed by atoms with van der Waals surface area (Å²) in [6, 6.07) is 5.82. The van der Waals surface area contributed by atoms with E-state index < -0.39 is 0 Å². The maximum atomic E-state index is 12.8. The van der Waals surface area contributed by atoms with E-state index >= 15 is 0 Å². The second-order valence-electron chi connectivity index (χ2n) is 7.29. The molecule has 1 atom stereocenters. The van der Waals surface area contributed by atoms with Crippen LogP contribution in [0.25, 0.3) is 0 Å². The van der Waals surface area contributed by atoms with Crippen LogP contribution in [-0.2, 0) is 4.79 Å². The number of hydrogen-bond donors (Lipinski definition) is 2. The van der Waals surface area contributed by atoms with Gasteiger partial charge in [-0.25, -0.2) is 4.79 Å². The van der Waals surface area contributed by atoms with Crippen molar-refractivity contribution in [1.82, 2.24) is 10.2 Å². The van der Waals surface area contributed by atoms with Crippen molar-refractivity contribution >= 4 is 17.6 Å². The summed E-state index contributed by atoms with van der Waals surface area (Å²) in [5.74, 6) is -0.0201. The van der Waals surface area contributed by atoms with E-state index in [0.29, 0.717) is 13.1 Å². The number of urea groups is 1. The number of anilines is 1. The first-order valence-corrected chi connectivity index (χ1v) is 8.80. The molecule has 1 aromatic carbocycles. The van der Waals surface area contributed by atoms with Crippen LogP contribution in [0.1, 0.15) is 36.8 Å². The Morgan fingerprint density at radius 1 is 1.21 bits per heavy atom. The standard InChI is InChI=1S/C19H27N3O2/c1-13-7-6-8-16(14(13)2)21-18(24)22-11-15(17(23)20-3)19(12-22)9-4-5-10-19/h6-8,15H,4-5,9-12H2,1-3H3,(H,20,23)(H,21,24). The lowest BCUT2D eigenvalue weighted by Crippen LogP contribution is -2.38. The number of nitrogens with zero attached hydrogens (tertiary/aromatic N) is 1. The average molecular weight is 329 g/mol. The van der Waals surface area contributed by atoms with Gasteiger partial charge in [0.1, 0.15) is 0 Å². The van der Waals surface area contributed by atoms with Crippen LogP contribution in [0.15, 0.2) is 18.2 Å². The fourth-order valence-corrected chi connectivity index (χ4v) is 4.33. The van der Waals surface area contributed by atoms with Gasteiger partial charge in [0.05, 0.1) is 5.92 Å². The number of rotatable bonds is 2. The molecule has 1 saturated heterocycles. The molecule has 2 fully saturated rings. The van der Waals surface area contributed by atoms with Crippen LogP contribution in [0.4, 0.5) is 10.5 Å². The first kappa shape index (κ1) is 16.8. The molecule has 2 aliphatic rings. The number of aryl methyl sites for hydroxylation is 1. The van der Waals surface area contributed by atoms with E-state index in [2.05, 4.69) is 10.6 Å². The smallest absolute Gasteiger partial charge is 0.321 e. The second-order valence-corrected chi connectivity index (χ2v) is 7.29. The third kappa shape index (κ3) is 2.87. The van der Waals surface area contributed by atoms with Crippen molar-refractivity contribution in [1.29, 1.82) is 0 Å². The molecular formula is C19H27N3O2. The van der Waals surface area contributed by atoms with Crippen molar-refractivity contribution in [3.05, 3.63) is 29.3 Å². The molecule has 0 radical (unpaired) electrons. The molecule has 1 spiro atoms. The van der Waals surface area contributed by atoms with Crippen molar-refractivity contribution in [3.8, 4) is 0 Å². The summed E-state index contributed by atoms with van der Waals surface area (Å²) in [5.41, 5.74) is 3.07. The van der Waals surface area contributed by atoms with Crippen molar-refractivity contribution in [2.75, 3.05) is 25.5 Å². The third-order valence-corrected chi connectivity index (χ3v) is 5.94. The maximum absolute atomic E-state index is 12.8. The molecule has 1 saturated carbocycles. The number of likely N-dealkylation sites (tertiary alicyclic amines) is 1. The molecule has 3 rings (SSSR count). The monoisotopic (exact) mass is 329 g/mol. The van der Waals surface area contributed by atoms with Crippen LogP contribution in [0.5, 0.6) is 0 Å². The minimum Gasteiger partial charge on any atom is -0.359 e. The van der Waals surface area contributed by atoms with Crippen LogP contribution < -0.4 is 10.6 Å². The normalized spacial score (nSPS) is 22.0. The lowest BCUT2D eigenvalue weighted by molar-refractivity contribution is -0.127. The zero-order valence-electron chi connectivity index (χ0n) is 14.8. The quantitative estimate of drug-likeness (QED) is 0.876. The predicted molar refractivity (Wildman–Crippen MR) is 95.0 cm³/mol. The molecule has 1 aliphatic carbocycles.